The van der Waals surface area contributed by atoms with Crippen LogP contribution in [0.3, 0.4) is 0 Å². The van der Waals surface area contributed by atoms with E-state index in [1.54, 1.807) is 0 Å². The Kier molecular flexibility index (Phi) is 6.55. The second kappa shape index (κ2) is 8.95. The predicted octanol–water partition coefficient (Wildman–Crippen LogP) is 7.02. The highest BCUT2D eigenvalue weighted by Crippen LogP contribution is 2.30. The second-order valence-corrected chi connectivity index (χ2v) is 9.03. The van der Waals surface area contributed by atoms with Crippen molar-refractivity contribution in [2.45, 2.75) is 66.2 Å². The van der Waals surface area contributed by atoms with Crippen LogP contribution in [-0.4, -0.2) is 10.2 Å². The van der Waals surface area contributed by atoms with Crippen LogP contribution in [-0.2, 0) is 12.8 Å². The van der Waals surface area contributed by atoms with Gasteiger partial charge in [0.1, 0.15) is 11.5 Å². The van der Waals surface area contributed by atoms with Gasteiger partial charge in [0.05, 0.1) is 0 Å². The first kappa shape index (κ1) is 22.0. The van der Waals surface area contributed by atoms with Crippen LogP contribution in [0.4, 0.5) is 0 Å². The molecule has 2 nitrogen and oxygen atoms in total. The highest BCUT2D eigenvalue weighted by Gasteiger charge is 2.13. The van der Waals surface area contributed by atoms with Crippen LogP contribution in [0.5, 0.6) is 11.5 Å². The van der Waals surface area contributed by atoms with Gasteiger partial charge in [-0.05, 0) is 96.9 Å². The topological polar surface area (TPSA) is 40.5 Å². The summed E-state index contributed by atoms with van der Waals surface area (Å²) >= 11 is 0. The van der Waals surface area contributed by atoms with Crippen LogP contribution in [0, 0.1) is 27.7 Å². The van der Waals surface area contributed by atoms with E-state index in [4.69, 9.17) is 0 Å². The minimum atomic E-state index is 0.406. The van der Waals surface area contributed by atoms with E-state index in [2.05, 4.69) is 62.4 Å². The van der Waals surface area contributed by atoms with Crippen molar-refractivity contribution in [1.82, 2.24) is 0 Å². The first-order valence-corrected chi connectivity index (χ1v) is 10.8. The molecule has 0 aliphatic carbocycles. The van der Waals surface area contributed by atoms with Gasteiger partial charge in [0.2, 0.25) is 0 Å². The maximum absolute atomic E-state index is 10.0. The molecule has 2 unspecified atom stereocenters. The number of benzene rings is 3. The summed E-state index contributed by atoms with van der Waals surface area (Å²) in [6, 6.07) is 17.4. The molecule has 0 radical (unpaired) electrons. The molecular formula is C28H34O2. The maximum atomic E-state index is 10.0. The third-order valence-electron chi connectivity index (χ3n) is 6.26. The molecule has 3 aromatic carbocycles. The maximum Gasteiger partial charge on any atom is 0.121 e. The Morgan fingerprint density at radius 1 is 0.567 bits per heavy atom. The van der Waals surface area contributed by atoms with Crippen molar-refractivity contribution in [2.24, 2.45) is 0 Å². The molecule has 0 aromatic heterocycles. The summed E-state index contributed by atoms with van der Waals surface area (Å²) in [5.41, 5.74) is 9.00. The Balaban J connectivity index is 1.69. The Hall–Kier alpha value is -2.74. The first-order chi connectivity index (χ1) is 14.2. The highest BCUT2D eigenvalue weighted by atomic mass is 16.3. The molecule has 0 saturated carbocycles. The third-order valence-corrected chi connectivity index (χ3v) is 6.26. The van der Waals surface area contributed by atoms with Gasteiger partial charge in [-0.1, -0.05) is 62.4 Å². The number of aromatic hydroxyl groups is 2. The van der Waals surface area contributed by atoms with Crippen molar-refractivity contribution >= 4 is 0 Å². The lowest BCUT2D eigenvalue weighted by Crippen LogP contribution is -2.02. The van der Waals surface area contributed by atoms with Crippen molar-refractivity contribution in [2.75, 3.05) is 0 Å². The number of hydrogen-bond donors (Lipinski definition) is 2. The largest absolute Gasteiger partial charge is 0.507 e. The quantitative estimate of drug-likeness (QED) is 0.465. The van der Waals surface area contributed by atoms with Crippen LogP contribution in [0.1, 0.15) is 70.2 Å². The van der Waals surface area contributed by atoms with E-state index in [1.165, 1.54) is 22.3 Å². The zero-order valence-electron chi connectivity index (χ0n) is 19.1. The highest BCUT2D eigenvalue weighted by molar-refractivity contribution is 5.44. The molecule has 0 aliphatic heterocycles. The number of phenolic OH excluding ortho intramolecular Hbond substituents is 2. The van der Waals surface area contributed by atoms with Crippen molar-refractivity contribution in [3.8, 4) is 11.5 Å². The van der Waals surface area contributed by atoms with E-state index in [9.17, 15) is 10.2 Å². The monoisotopic (exact) mass is 402 g/mol. The number of rotatable bonds is 6. The molecule has 0 aliphatic rings. The van der Waals surface area contributed by atoms with Gasteiger partial charge in [-0.3, -0.25) is 0 Å². The van der Waals surface area contributed by atoms with Crippen LogP contribution >= 0.6 is 0 Å². The van der Waals surface area contributed by atoms with Gasteiger partial charge >= 0.3 is 0 Å². The van der Waals surface area contributed by atoms with Gasteiger partial charge in [0.15, 0.2) is 0 Å². The molecule has 0 spiro atoms. The molecule has 2 heteroatoms. The van der Waals surface area contributed by atoms with Crippen LogP contribution in [0.25, 0.3) is 0 Å². The van der Waals surface area contributed by atoms with Gasteiger partial charge in [0.25, 0.3) is 0 Å². The molecular weight excluding hydrogens is 368 g/mol. The van der Waals surface area contributed by atoms with Crippen LogP contribution in [0.2, 0.25) is 0 Å². The van der Waals surface area contributed by atoms with Crippen LogP contribution < -0.4 is 0 Å². The molecule has 0 fully saturated rings. The number of phenols is 2. The SMILES string of the molecule is Cc1cc(CC(C)c2ccc(C(C)Cc3cc(C)c(O)c(C)c3)cc2)cc(C)c1O. The van der Waals surface area contributed by atoms with Gasteiger partial charge in [0, 0.05) is 0 Å². The van der Waals surface area contributed by atoms with E-state index in [-0.39, 0.29) is 0 Å². The summed E-state index contributed by atoms with van der Waals surface area (Å²) in [7, 11) is 0. The summed E-state index contributed by atoms with van der Waals surface area (Å²) < 4.78 is 0. The molecule has 30 heavy (non-hydrogen) atoms. The average molecular weight is 403 g/mol. The lowest BCUT2D eigenvalue weighted by molar-refractivity contribution is 0.466. The van der Waals surface area contributed by atoms with Crippen LogP contribution in [0.15, 0.2) is 48.5 Å². The van der Waals surface area contributed by atoms with E-state index in [1.807, 2.05) is 27.7 Å². The van der Waals surface area contributed by atoms with Crippen molar-refractivity contribution in [3.05, 3.63) is 93.0 Å². The average Bonchev–Trinajstić information content (AvgIpc) is 2.70. The Morgan fingerprint density at radius 3 is 1.10 bits per heavy atom. The van der Waals surface area contributed by atoms with Gasteiger partial charge in [-0.25, -0.2) is 0 Å². The summed E-state index contributed by atoms with van der Waals surface area (Å²) in [5.74, 6) is 1.65. The third kappa shape index (κ3) is 4.87. The molecule has 2 atom stereocenters. The summed E-state index contributed by atoms with van der Waals surface area (Å²) in [6.07, 6.45) is 1.92. The smallest absolute Gasteiger partial charge is 0.121 e. The summed E-state index contributed by atoms with van der Waals surface area (Å²) in [5, 5.41) is 20.0. The Morgan fingerprint density at radius 2 is 0.833 bits per heavy atom. The normalized spacial score (nSPS) is 13.3. The van der Waals surface area contributed by atoms with Crippen molar-refractivity contribution in [3.63, 3.8) is 0 Å². The van der Waals surface area contributed by atoms with E-state index >= 15 is 0 Å². The number of hydrogen-bond acceptors (Lipinski definition) is 2. The Labute approximate surface area is 181 Å². The molecule has 3 aromatic rings. The van der Waals surface area contributed by atoms with E-state index in [0.29, 0.717) is 23.3 Å². The molecule has 0 bridgehead atoms. The van der Waals surface area contributed by atoms with Crippen molar-refractivity contribution < 1.29 is 10.2 Å². The van der Waals surface area contributed by atoms with E-state index in [0.717, 1.165) is 35.1 Å². The Bertz CT molecular complexity index is 900. The zero-order chi connectivity index (χ0) is 22.0. The zero-order valence-corrected chi connectivity index (χ0v) is 19.1. The minimum absolute atomic E-state index is 0.406. The van der Waals surface area contributed by atoms with Gasteiger partial charge in [-0.2, -0.15) is 0 Å². The second-order valence-electron chi connectivity index (χ2n) is 9.03. The molecule has 0 amide bonds. The lowest BCUT2D eigenvalue weighted by Gasteiger charge is -2.17. The fourth-order valence-electron chi connectivity index (χ4n) is 4.42. The van der Waals surface area contributed by atoms with Gasteiger partial charge < -0.3 is 10.2 Å². The minimum Gasteiger partial charge on any atom is -0.507 e. The fraction of sp³-hybridized carbons (Fsp3) is 0.357. The van der Waals surface area contributed by atoms with Gasteiger partial charge in [-0.15, -0.1) is 0 Å². The molecule has 0 heterocycles. The number of aryl methyl sites for hydroxylation is 4. The molecule has 3 rings (SSSR count). The fourth-order valence-corrected chi connectivity index (χ4v) is 4.42. The lowest BCUT2D eigenvalue weighted by atomic mass is 9.88. The van der Waals surface area contributed by atoms with E-state index < -0.39 is 0 Å². The predicted molar refractivity (Wildman–Crippen MR) is 126 cm³/mol. The molecule has 2 N–H and O–H groups in total. The summed E-state index contributed by atoms with van der Waals surface area (Å²) in [6.45, 7) is 12.4. The first-order valence-electron chi connectivity index (χ1n) is 10.8. The van der Waals surface area contributed by atoms with Crippen molar-refractivity contribution in [1.29, 1.82) is 0 Å². The standard InChI is InChI=1S/C28H34O2/c1-17(11-23-13-19(3)27(29)20(4)14-23)25-7-9-26(10-8-25)18(2)12-24-15-21(5)28(30)22(6)16-24/h7-10,13-18,29-30H,11-12H2,1-6H3. The molecule has 0 saturated heterocycles. The molecule has 158 valence electrons. The summed E-state index contributed by atoms with van der Waals surface area (Å²) in [4.78, 5) is 0.